The number of nitrogens with zero attached hydrogens (tertiary/aromatic N) is 2. The van der Waals surface area contributed by atoms with E-state index in [0.29, 0.717) is 0 Å². The summed E-state index contributed by atoms with van der Waals surface area (Å²) in [6.45, 7) is 2.05. The van der Waals surface area contributed by atoms with E-state index in [-0.39, 0.29) is 5.56 Å². The van der Waals surface area contributed by atoms with Gasteiger partial charge in [-0.2, -0.15) is 0 Å². The minimum atomic E-state index is -0.926. The van der Waals surface area contributed by atoms with Crippen LogP contribution in [0.1, 0.15) is 23.1 Å². The van der Waals surface area contributed by atoms with E-state index >= 15 is 0 Å². The van der Waals surface area contributed by atoms with Gasteiger partial charge in [-0.05, 0) is 52.9 Å². The molecule has 1 heterocycles. The number of benzene rings is 2. The van der Waals surface area contributed by atoms with Crippen molar-refractivity contribution >= 4 is 39.6 Å². The summed E-state index contributed by atoms with van der Waals surface area (Å²) in [5.41, 5.74) is 2.95. The summed E-state index contributed by atoms with van der Waals surface area (Å²) in [6.07, 6.45) is 0.780. The zero-order valence-corrected chi connectivity index (χ0v) is 13.5. The molecule has 1 N–H and O–H groups in total. The molecule has 4 nitrogen and oxygen atoms in total. The molecule has 0 saturated carbocycles. The number of carboxylic acid groups (broad SMARTS) is 1. The van der Waals surface area contributed by atoms with E-state index in [2.05, 4.69) is 27.6 Å². The average molecular weight is 392 g/mol. The minimum Gasteiger partial charge on any atom is -0.478 e. The molecule has 0 saturated heterocycles. The highest BCUT2D eigenvalue weighted by atomic mass is 127. The minimum absolute atomic E-state index is 0.275. The molecule has 2 aromatic carbocycles. The molecule has 106 valence electrons. The van der Waals surface area contributed by atoms with Crippen LogP contribution in [0.25, 0.3) is 16.7 Å². The van der Waals surface area contributed by atoms with Crippen molar-refractivity contribution in [2.24, 2.45) is 0 Å². The quantitative estimate of drug-likeness (QED) is 0.689. The van der Waals surface area contributed by atoms with E-state index in [4.69, 9.17) is 0 Å². The third-order valence-electron chi connectivity index (χ3n) is 3.38. The highest BCUT2D eigenvalue weighted by Crippen LogP contribution is 2.26. The lowest BCUT2D eigenvalue weighted by Gasteiger charge is -2.10. The van der Waals surface area contributed by atoms with Gasteiger partial charge in [0.2, 0.25) is 0 Å². The summed E-state index contributed by atoms with van der Waals surface area (Å²) >= 11 is 2.28. The second-order valence-electron chi connectivity index (χ2n) is 4.68. The highest BCUT2D eigenvalue weighted by molar-refractivity contribution is 14.1. The van der Waals surface area contributed by atoms with Gasteiger partial charge >= 0.3 is 5.97 Å². The first-order valence-corrected chi connectivity index (χ1v) is 7.69. The monoisotopic (exact) mass is 392 g/mol. The van der Waals surface area contributed by atoms with E-state index in [1.807, 2.05) is 35.8 Å². The SMILES string of the molecule is CCc1nc2ccc(C(=O)O)cc2n1-c1ccccc1I. The third kappa shape index (κ3) is 2.42. The van der Waals surface area contributed by atoms with Crippen molar-refractivity contribution in [3.63, 3.8) is 0 Å². The number of halogens is 1. The molecule has 0 aliphatic carbocycles. The predicted octanol–water partition coefficient (Wildman–Crippen LogP) is 3.89. The van der Waals surface area contributed by atoms with Crippen LogP contribution in [0.5, 0.6) is 0 Å². The lowest BCUT2D eigenvalue weighted by Crippen LogP contribution is -2.03. The van der Waals surface area contributed by atoms with E-state index in [1.54, 1.807) is 18.2 Å². The number of hydrogen-bond acceptors (Lipinski definition) is 2. The Bertz CT molecular complexity index is 839. The van der Waals surface area contributed by atoms with Gasteiger partial charge in [-0.3, -0.25) is 4.57 Å². The number of imidazole rings is 1. The van der Waals surface area contributed by atoms with Crippen LogP contribution in [0.2, 0.25) is 0 Å². The van der Waals surface area contributed by atoms with Crippen LogP contribution < -0.4 is 0 Å². The fourth-order valence-electron chi connectivity index (χ4n) is 2.40. The fourth-order valence-corrected chi connectivity index (χ4v) is 3.03. The molecule has 0 aliphatic heterocycles. The summed E-state index contributed by atoms with van der Waals surface area (Å²) in [5.74, 6) is 0.00196. The Morgan fingerprint density at radius 3 is 2.71 bits per heavy atom. The third-order valence-corrected chi connectivity index (χ3v) is 4.29. The molecule has 3 aromatic rings. The first-order chi connectivity index (χ1) is 10.1. The second-order valence-corrected chi connectivity index (χ2v) is 5.84. The second kappa shape index (κ2) is 5.48. The molecule has 5 heteroatoms. The lowest BCUT2D eigenvalue weighted by atomic mass is 10.2. The number of fused-ring (bicyclic) bond motifs is 1. The smallest absolute Gasteiger partial charge is 0.335 e. The average Bonchev–Trinajstić information content (AvgIpc) is 2.85. The number of para-hydroxylation sites is 1. The molecule has 3 rings (SSSR count). The fraction of sp³-hybridized carbons (Fsp3) is 0.125. The van der Waals surface area contributed by atoms with Crippen molar-refractivity contribution < 1.29 is 9.90 Å². The number of aryl methyl sites for hydroxylation is 1. The van der Waals surface area contributed by atoms with Crippen LogP contribution >= 0.6 is 22.6 Å². The zero-order valence-electron chi connectivity index (χ0n) is 11.4. The molecular formula is C16H13IN2O2. The van der Waals surface area contributed by atoms with Crippen LogP contribution in [-0.2, 0) is 6.42 Å². The van der Waals surface area contributed by atoms with Crippen LogP contribution in [0.3, 0.4) is 0 Å². The summed E-state index contributed by atoms with van der Waals surface area (Å²) in [6, 6.07) is 13.1. The van der Waals surface area contributed by atoms with Gasteiger partial charge in [0.25, 0.3) is 0 Å². The maximum absolute atomic E-state index is 11.2. The highest BCUT2D eigenvalue weighted by Gasteiger charge is 2.15. The van der Waals surface area contributed by atoms with Crippen molar-refractivity contribution in [1.82, 2.24) is 9.55 Å². The molecule has 1 aromatic heterocycles. The largest absolute Gasteiger partial charge is 0.478 e. The van der Waals surface area contributed by atoms with Crippen molar-refractivity contribution in [1.29, 1.82) is 0 Å². The first kappa shape index (κ1) is 14.1. The van der Waals surface area contributed by atoms with Gasteiger partial charge in [0.05, 0.1) is 22.3 Å². The molecule has 0 amide bonds. The van der Waals surface area contributed by atoms with Gasteiger partial charge in [0, 0.05) is 9.99 Å². The summed E-state index contributed by atoms with van der Waals surface area (Å²) in [5, 5.41) is 9.19. The molecule has 0 aliphatic rings. The maximum atomic E-state index is 11.2. The number of aromatic carboxylic acids is 1. The van der Waals surface area contributed by atoms with Crippen LogP contribution in [0, 0.1) is 3.57 Å². The van der Waals surface area contributed by atoms with Crippen molar-refractivity contribution in [2.45, 2.75) is 13.3 Å². The lowest BCUT2D eigenvalue weighted by molar-refractivity contribution is 0.0697. The Balaban J connectivity index is 2.36. The van der Waals surface area contributed by atoms with Crippen molar-refractivity contribution in [3.8, 4) is 5.69 Å². The van der Waals surface area contributed by atoms with Crippen LogP contribution in [-0.4, -0.2) is 20.6 Å². The molecule has 0 unspecified atom stereocenters. The van der Waals surface area contributed by atoms with Gasteiger partial charge in [-0.1, -0.05) is 19.1 Å². The van der Waals surface area contributed by atoms with E-state index in [0.717, 1.165) is 32.5 Å². The normalized spacial score (nSPS) is 11.0. The molecule has 0 radical (unpaired) electrons. The number of rotatable bonds is 3. The Morgan fingerprint density at radius 2 is 2.05 bits per heavy atom. The maximum Gasteiger partial charge on any atom is 0.335 e. The summed E-state index contributed by atoms with van der Waals surface area (Å²) < 4.78 is 3.15. The number of carbonyl (C=O) groups is 1. The Labute approximate surface area is 135 Å². The van der Waals surface area contributed by atoms with Crippen LogP contribution in [0.4, 0.5) is 0 Å². The molecule has 0 bridgehead atoms. The number of aromatic nitrogens is 2. The van der Waals surface area contributed by atoms with E-state index in [9.17, 15) is 9.90 Å². The molecule has 0 spiro atoms. The number of hydrogen-bond donors (Lipinski definition) is 1. The predicted molar refractivity (Wildman–Crippen MR) is 90.1 cm³/mol. The Hall–Kier alpha value is -1.89. The topological polar surface area (TPSA) is 55.1 Å². The van der Waals surface area contributed by atoms with Crippen LogP contribution in [0.15, 0.2) is 42.5 Å². The van der Waals surface area contributed by atoms with Gasteiger partial charge in [0.15, 0.2) is 0 Å². The Kier molecular flexibility index (Phi) is 3.67. The zero-order chi connectivity index (χ0) is 15.0. The summed E-state index contributed by atoms with van der Waals surface area (Å²) in [7, 11) is 0. The molecular weight excluding hydrogens is 379 g/mol. The van der Waals surface area contributed by atoms with Gasteiger partial charge in [-0.15, -0.1) is 0 Å². The number of carboxylic acids is 1. The standard InChI is InChI=1S/C16H13IN2O2/c1-2-15-18-12-8-7-10(16(20)21)9-14(12)19(15)13-6-4-3-5-11(13)17/h3-9H,2H2,1H3,(H,20,21). The van der Waals surface area contributed by atoms with Gasteiger partial charge in [-0.25, -0.2) is 9.78 Å². The first-order valence-electron chi connectivity index (χ1n) is 6.61. The van der Waals surface area contributed by atoms with E-state index < -0.39 is 5.97 Å². The molecule has 21 heavy (non-hydrogen) atoms. The van der Waals surface area contributed by atoms with Gasteiger partial charge in [0.1, 0.15) is 5.82 Å². The van der Waals surface area contributed by atoms with Crippen molar-refractivity contribution in [3.05, 3.63) is 57.4 Å². The van der Waals surface area contributed by atoms with E-state index in [1.165, 1.54) is 0 Å². The van der Waals surface area contributed by atoms with Gasteiger partial charge < -0.3 is 5.11 Å². The molecule has 0 fully saturated rings. The molecule has 0 atom stereocenters. The summed E-state index contributed by atoms with van der Waals surface area (Å²) in [4.78, 5) is 15.8. The Morgan fingerprint density at radius 1 is 1.29 bits per heavy atom. The van der Waals surface area contributed by atoms with Crippen molar-refractivity contribution in [2.75, 3.05) is 0 Å².